The molecule has 0 radical (unpaired) electrons. The summed E-state index contributed by atoms with van der Waals surface area (Å²) in [5.74, 6) is -0.0434. The van der Waals surface area contributed by atoms with Crippen molar-refractivity contribution in [3.63, 3.8) is 0 Å². The summed E-state index contributed by atoms with van der Waals surface area (Å²) in [6.45, 7) is 2.55. The molecule has 4 rings (SSSR count). The first-order valence-corrected chi connectivity index (χ1v) is 12.0. The van der Waals surface area contributed by atoms with Gasteiger partial charge in [0, 0.05) is 12.5 Å². The number of nitrogens with zero attached hydrogens (tertiary/aromatic N) is 1. The van der Waals surface area contributed by atoms with Crippen LogP contribution in [0.15, 0.2) is 60.7 Å². The first kappa shape index (κ1) is 24.2. The molecule has 1 aliphatic carbocycles. The second kappa shape index (κ2) is 9.40. The largest absolute Gasteiger partial charge is 0.497 e. The van der Waals surface area contributed by atoms with Gasteiger partial charge in [-0.2, -0.15) is 0 Å². The minimum Gasteiger partial charge on any atom is -0.497 e. The van der Waals surface area contributed by atoms with Crippen molar-refractivity contribution in [3.8, 4) is 5.75 Å². The third-order valence-electron chi connectivity index (χ3n) is 7.61. The van der Waals surface area contributed by atoms with Crippen LogP contribution in [-0.4, -0.2) is 48.8 Å². The molecule has 3 atom stereocenters. The van der Waals surface area contributed by atoms with Gasteiger partial charge in [0.25, 0.3) is 0 Å². The number of rotatable bonds is 7. The van der Waals surface area contributed by atoms with Crippen LogP contribution in [0.5, 0.6) is 5.75 Å². The van der Waals surface area contributed by atoms with Gasteiger partial charge in [0.2, 0.25) is 0 Å². The number of hydrogen-bond acceptors (Lipinski definition) is 4. The molecule has 0 saturated heterocycles. The van der Waals surface area contributed by atoms with E-state index in [4.69, 9.17) is 4.74 Å². The van der Waals surface area contributed by atoms with Crippen LogP contribution in [0.3, 0.4) is 0 Å². The number of carboxylic acids is 1. The van der Waals surface area contributed by atoms with Crippen molar-refractivity contribution >= 4 is 16.7 Å². The lowest BCUT2D eigenvalue weighted by Crippen LogP contribution is -2.43. The third-order valence-corrected chi connectivity index (χ3v) is 7.61. The Bertz CT molecular complexity index is 1190. The first-order valence-electron chi connectivity index (χ1n) is 12.0. The van der Waals surface area contributed by atoms with Crippen molar-refractivity contribution in [3.05, 3.63) is 77.4 Å². The van der Waals surface area contributed by atoms with Crippen LogP contribution in [0.2, 0.25) is 0 Å². The molecule has 1 saturated carbocycles. The van der Waals surface area contributed by atoms with Crippen molar-refractivity contribution in [2.45, 2.75) is 43.6 Å². The molecule has 5 nitrogen and oxygen atoms in total. The lowest BCUT2D eigenvalue weighted by atomic mass is 9.69. The van der Waals surface area contributed by atoms with E-state index >= 15 is 0 Å². The molecule has 5 heteroatoms. The van der Waals surface area contributed by atoms with Gasteiger partial charge in [0.05, 0.1) is 12.7 Å². The number of carbonyl (C=O) groups is 1. The van der Waals surface area contributed by atoms with E-state index in [9.17, 15) is 15.0 Å². The van der Waals surface area contributed by atoms with Gasteiger partial charge in [-0.25, -0.2) is 0 Å². The zero-order valence-corrected chi connectivity index (χ0v) is 20.5. The van der Waals surface area contributed by atoms with Crippen molar-refractivity contribution in [2.24, 2.45) is 5.92 Å². The monoisotopic (exact) mass is 461 g/mol. The Morgan fingerprint density at radius 3 is 2.47 bits per heavy atom. The molecule has 0 amide bonds. The molecule has 1 fully saturated rings. The van der Waals surface area contributed by atoms with Gasteiger partial charge in [-0.3, -0.25) is 4.79 Å². The maximum absolute atomic E-state index is 12.7. The molecule has 34 heavy (non-hydrogen) atoms. The highest BCUT2D eigenvalue weighted by atomic mass is 16.5. The second-order valence-corrected chi connectivity index (χ2v) is 10.1. The number of benzene rings is 3. The number of fused-ring (bicyclic) bond motifs is 1. The zero-order valence-electron chi connectivity index (χ0n) is 20.5. The quantitative estimate of drug-likeness (QED) is 0.507. The number of ether oxygens (including phenoxy) is 1. The summed E-state index contributed by atoms with van der Waals surface area (Å²) in [7, 11) is 5.69. The fourth-order valence-electron chi connectivity index (χ4n) is 5.47. The summed E-state index contributed by atoms with van der Waals surface area (Å²) in [6, 6.07) is 19.2. The maximum atomic E-state index is 12.7. The highest BCUT2D eigenvalue weighted by Crippen LogP contribution is 2.44. The highest BCUT2D eigenvalue weighted by Gasteiger charge is 2.43. The van der Waals surface area contributed by atoms with Gasteiger partial charge in [-0.15, -0.1) is 0 Å². The normalized spacial score (nSPS) is 22.5. The Labute approximate surface area is 202 Å². The third kappa shape index (κ3) is 4.30. The van der Waals surface area contributed by atoms with Crippen molar-refractivity contribution in [1.82, 2.24) is 4.90 Å². The number of aliphatic carboxylic acids is 1. The van der Waals surface area contributed by atoms with Crippen LogP contribution >= 0.6 is 0 Å². The Balaban J connectivity index is 1.79. The second-order valence-electron chi connectivity index (χ2n) is 10.1. The minimum absolute atomic E-state index is 0.109. The van der Waals surface area contributed by atoms with E-state index in [1.807, 2.05) is 74.8 Å². The molecule has 0 spiro atoms. The molecule has 0 aliphatic heterocycles. The number of carboxylic acid groups (broad SMARTS) is 1. The SMILES string of the molecule is COc1ccc2cc(C(C)(C(=O)O)c3cccc(C4(O)CCCCC4CN(C)C)c3)ccc2c1. The van der Waals surface area contributed by atoms with E-state index in [1.165, 1.54) is 0 Å². The predicted molar refractivity (Wildman–Crippen MR) is 135 cm³/mol. The predicted octanol–water partition coefficient (Wildman–Crippen LogP) is 5.18. The first-order chi connectivity index (χ1) is 16.2. The van der Waals surface area contributed by atoms with Gasteiger partial charge in [0.15, 0.2) is 0 Å². The van der Waals surface area contributed by atoms with E-state index < -0.39 is 17.0 Å². The summed E-state index contributed by atoms with van der Waals surface area (Å²) in [6.07, 6.45) is 3.73. The molecular formula is C29H35NO4. The minimum atomic E-state index is -1.26. The van der Waals surface area contributed by atoms with Gasteiger partial charge >= 0.3 is 5.97 Å². The lowest BCUT2D eigenvalue weighted by molar-refractivity contribution is -0.141. The van der Waals surface area contributed by atoms with Crippen LogP contribution < -0.4 is 4.74 Å². The maximum Gasteiger partial charge on any atom is 0.318 e. The Morgan fingerprint density at radius 2 is 1.76 bits per heavy atom. The number of aliphatic hydroxyl groups is 1. The van der Waals surface area contributed by atoms with Crippen LogP contribution in [0.25, 0.3) is 10.8 Å². The Kier molecular flexibility index (Phi) is 6.70. The molecule has 0 bridgehead atoms. The molecule has 2 N–H and O–H groups in total. The summed E-state index contributed by atoms with van der Waals surface area (Å²) in [4.78, 5) is 14.9. The van der Waals surface area contributed by atoms with Crippen molar-refractivity contribution in [1.29, 1.82) is 0 Å². The van der Waals surface area contributed by atoms with E-state index in [0.717, 1.165) is 47.9 Å². The highest BCUT2D eigenvalue weighted by molar-refractivity contribution is 5.90. The van der Waals surface area contributed by atoms with Gasteiger partial charge in [-0.1, -0.05) is 55.3 Å². The van der Waals surface area contributed by atoms with Crippen LogP contribution in [0.4, 0.5) is 0 Å². The smallest absolute Gasteiger partial charge is 0.318 e. The Hall–Kier alpha value is -2.89. The van der Waals surface area contributed by atoms with Gasteiger partial charge < -0.3 is 19.8 Å². The zero-order chi connectivity index (χ0) is 24.5. The van der Waals surface area contributed by atoms with Crippen LogP contribution in [-0.2, 0) is 15.8 Å². The fraction of sp³-hybridized carbons (Fsp3) is 0.414. The standard InChI is InChI=1S/C29H35NO4/c1-28(27(31)32,23-13-11-21-17-26(34-4)14-12-20(21)16-23)22-9-7-10-24(18-22)29(33)15-6-5-8-25(29)19-30(2)3/h7,9-14,16-18,25,33H,5-6,8,15,19H2,1-4H3,(H,31,32). The molecule has 3 aromatic carbocycles. The molecular weight excluding hydrogens is 426 g/mol. The molecule has 0 aromatic heterocycles. The van der Waals surface area contributed by atoms with Crippen LogP contribution in [0.1, 0.15) is 49.3 Å². The average molecular weight is 462 g/mol. The summed E-state index contributed by atoms with van der Waals surface area (Å²) in [5, 5.41) is 24.2. The summed E-state index contributed by atoms with van der Waals surface area (Å²) < 4.78 is 5.32. The van der Waals surface area contributed by atoms with Gasteiger partial charge in [0.1, 0.15) is 11.2 Å². The van der Waals surface area contributed by atoms with E-state index in [1.54, 1.807) is 14.0 Å². The van der Waals surface area contributed by atoms with Crippen LogP contribution in [0, 0.1) is 5.92 Å². The fourth-order valence-corrected chi connectivity index (χ4v) is 5.47. The molecule has 0 heterocycles. The summed E-state index contributed by atoms with van der Waals surface area (Å²) in [5.41, 5.74) is -0.0258. The number of methoxy groups -OCH3 is 1. The van der Waals surface area contributed by atoms with E-state index in [0.29, 0.717) is 17.5 Å². The number of hydrogen-bond donors (Lipinski definition) is 2. The Morgan fingerprint density at radius 1 is 1.06 bits per heavy atom. The van der Waals surface area contributed by atoms with Crippen molar-refractivity contribution in [2.75, 3.05) is 27.7 Å². The van der Waals surface area contributed by atoms with Gasteiger partial charge in [-0.05, 0) is 79.5 Å². The molecule has 3 aromatic rings. The molecule has 1 aliphatic rings. The lowest BCUT2D eigenvalue weighted by Gasteiger charge is -2.42. The summed E-state index contributed by atoms with van der Waals surface area (Å²) >= 11 is 0. The van der Waals surface area contributed by atoms with E-state index in [2.05, 4.69) is 4.90 Å². The molecule has 3 unspecified atom stereocenters. The van der Waals surface area contributed by atoms with Crippen molar-refractivity contribution < 1.29 is 19.7 Å². The van der Waals surface area contributed by atoms with E-state index in [-0.39, 0.29) is 5.92 Å². The average Bonchev–Trinajstić information content (AvgIpc) is 2.84. The topological polar surface area (TPSA) is 70.0 Å². The molecule has 180 valence electrons.